The number of halogens is 1. The van der Waals surface area contributed by atoms with Gasteiger partial charge in [-0.25, -0.2) is 9.79 Å². The highest BCUT2D eigenvalue weighted by Crippen LogP contribution is 2.40. The van der Waals surface area contributed by atoms with Gasteiger partial charge in [-0.1, -0.05) is 51.5 Å². The summed E-state index contributed by atoms with van der Waals surface area (Å²) in [5.41, 5.74) is 1.92. The molecule has 1 aliphatic heterocycles. The summed E-state index contributed by atoms with van der Waals surface area (Å²) in [6, 6.07) is 12.2. The molecular formula is C27H27BrN2O6S. The Morgan fingerprint density at radius 1 is 1.19 bits per heavy atom. The number of fused-ring (bicyclic) bond motifs is 1. The molecule has 0 saturated heterocycles. The van der Waals surface area contributed by atoms with Crippen LogP contribution in [0.1, 0.15) is 31.0 Å². The van der Waals surface area contributed by atoms with Crippen molar-refractivity contribution >= 4 is 39.3 Å². The molecule has 1 atom stereocenters. The summed E-state index contributed by atoms with van der Waals surface area (Å²) in [4.78, 5) is 32.3. The van der Waals surface area contributed by atoms with Gasteiger partial charge in [-0.2, -0.15) is 0 Å². The first-order valence-corrected chi connectivity index (χ1v) is 13.2. The van der Waals surface area contributed by atoms with Crippen molar-refractivity contribution in [2.75, 3.05) is 34.0 Å². The molecule has 0 unspecified atom stereocenters. The van der Waals surface area contributed by atoms with Crippen LogP contribution in [0, 0.1) is 0 Å². The van der Waals surface area contributed by atoms with Gasteiger partial charge in [-0.15, -0.1) is 0 Å². The van der Waals surface area contributed by atoms with Crippen LogP contribution < -0.4 is 24.4 Å². The zero-order valence-electron chi connectivity index (χ0n) is 20.9. The van der Waals surface area contributed by atoms with E-state index in [-0.39, 0.29) is 24.3 Å². The van der Waals surface area contributed by atoms with Crippen LogP contribution in [0.25, 0.3) is 6.08 Å². The van der Waals surface area contributed by atoms with Gasteiger partial charge in [-0.05, 0) is 43.7 Å². The predicted molar refractivity (Wildman–Crippen MR) is 145 cm³/mol. The minimum Gasteiger partial charge on any atom is -0.493 e. The fourth-order valence-corrected chi connectivity index (χ4v) is 5.59. The molecule has 1 aromatic heterocycles. The molecule has 37 heavy (non-hydrogen) atoms. The molecule has 0 amide bonds. The predicted octanol–water partition coefficient (Wildman–Crippen LogP) is 3.59. The molecule has 3 aromatic rings. The average molecular weight is 587 g/mol. The van der Waals surface area contributed by atoms with E-state index >= 15 is 0 Å². The van der Waals surface area contributed by atoms with E-state index in [1.54, 1.807) is 26.2 Å². The lowest BCUT2D eigenvalue weighted by atomic mass is 9.94. The van der Waals surface area contributed by atoms with Crippen LogP contribution in [0.15, 0.2) is 68.0 Å². The molecule has 10 heteroatoms. The first-order chi connectivity index (χ1) is 17.9. The van der Waals surface area contributed by atoms with Crippen molar-refractivity contribution in [1.29, 1.82) is 0 Å². The molecular weight excluding hydrogens is 560 g/mol. The normalized spacial score (nSPS) is 15.3. The van der Waals surface area contributed by atoms with Crippen molar-refractivity contribution in [2.45, 2.75) is 19.9 Å². The fraction of sp³-hybridized carbons (Fsp3) is 0.296. The van der Waals surface area contributed by atoms with Gasteiger partial charge in [0.15, 0.2) is 16.3 Å². The van der Waals surface area contributed by atoms with Gasteiger partial charge in [0.2, 0.25) is 0 Å². The first-order valence-electron chi connectivity index (χ1n) is 11.6. The second-order valence-corrected chi connectivity index (χ2v) is 10.0. The molecule has 2 heterocycles. The third kappa shape index (κ3) is 5.56. The number of ether oxygens (including phenoxy) is 4. The molecule has 0 N–H and O–H groups in total. The number of hydrogen-bond acceptors (Lipinski definition) is 8. The van der Waals surface area contributed by atoms with E-state index in [9.17, 15) is 9.59 Å². The topological polar surface area (TPSA) is 88.4 Å². The SMILES string of the molecule is CCOc1c(OC)cccc1[C@H]1C(C(=O)OCCOC)=C(C)N=c2s/c(=C/c3cccc(Br)c3)c(=O)n21. The maximum atomic E-state index is 13.8. The maximum absolute atomic E-state index is 13.8. The van der Waals surface area contributed by atoms with E-state index in [2.05, 4.69) is 20.9 Å². The van der Waals surface area contributed by atoms with E-state index in [0.717, 1.165) is 10.0 Å². The van der Waals surface area contributed by atoms with E-state index in [1.807, 2.05) is 43.3 Å². The van der Waals surface area contributed by atoms with Crippen molar-refractivity contribution in [2.24, 2.45) is 4.99 Å². The number of allylic oxidation sites excluding steroid dienone is 1. The lowest BCUT2D eigenvalue weighted by Gasteiger charge is -2.27. The fourth-order valence-electron chi connectivity index (χ4n) is 4.13. The van der Waals surface area contributed by atoms with Gasteiger partial charge < -0.3 is 18.9 Å². The van der Waals surface area contributed by atoms with Crippen molar-refractivity contribution in [3.63, 3.8) is 0 Å². The number of methoxy groups -OCH3 is 2. The van der Waals surface area contributed by atoms with Crippen molar-refractivity contribution in [1.82, 2.24) is 4.57 Å². The van der Waals surface area contributed by atoms with Gasteiger partial charge in [0.05, 0.1) is 36.1 Å². The van der Waals surface area contributed by atoms with Gasteiger partial charge >= 0.3 is 5.97 Å². The Kier molecular flexibility index (Phi) is 8.63. The minimum absolute atomic E-state index is 0.0720. The van der Waals surface area contributed by atoms with Crippen LogP contribution in [0.5, 0.6) is 11.5 Å². The number of rotatable bonds is 9. The molecule has 2 aromatic carbocycles. The summed E-state index contributed by atoms with van der Waals surface area (Å²) in [6.07, 6.45) is 1.82. The Morgan fingerprint density at radius 3 is 2.68 bits per heavy atom. The van der Waals surface area contributed by atoms with Gasteiger partial charge in [0.1, 0.15) is 12.6 Å². The summed E-state index contributed by atoms with van der Waals surface area (Å²) in [7, 11) is 3.08. The summed E-state index contributed by atoms with van der Waals surface area (Å²) in [6.45, 7) is 4.29. The monoisotopic (exact) mass is 586 g/mol. The molecule has 0 aliphatic carbocycles. The first kappa shape index (κ1) is 26.8. The lowest BCUT2D eigenvalue weighted by Crippen LogP contribution is -2.40. The van der Waals surface area contributed by atoms with Crippen molar-refractivity contribution < 1.29 is 23.7 Å². The smallest absolute Gasteiger partial charge is 0.338 e. The number of aromatic nitrogens is 1. The van der Waals surface area contributed by atoms with Crippen LogP contribution in [-0.2, 0) is 14.3 Å². The molecule has 1 aliphatic rings. The Hall–Kier alpha value is -3.21. The van der Waals surface area contributed by atoms with E-state index in [4.69, 9.17) is 18.9 Å². The Morgan fingerprint density at radius 2 is 1.97 bits per heavy atom. The highest BCUT2D eigenvalue weighted by Gasteiger charge is 2.36. The minimum atomic E-state index is -0.826. The number of para-hydroxylation sites is 1. The molecule has 0 bridgehead atoms. The molecule has 4 rings (SSSR count). The standard InChI is InChI=1S/C27H27BrN2O6S/c1-5-35-24-19(10-7-11-20(24)34-4)23-22(26(32)36-13-12-33-3)16(2)29-27-30(23)25(31)21(37-27)15-17-8-6-9-18(28)14-17/h6-11,14-15,23H,5,12-13H2,1-4H3/b21-15+/t23-/m0/s1. The third-order valence-corrected chi connectivity index (χ3v) is 7.20. The van der Waals surface area contributed by atoms with Gasteiger partial charge in [0, 0.05) is 17.1 Å². The number of thiazole rings is 1. The van der Waals surface area contributed by atoms with Crippen LogP contribution >= 0.6 is 27.3 Å². The maximum Gasteiger partial charge on any atom is 0.338 e. The zero-order chi connectivity index (χ0) is 26.5. The Labute approximate surface area is 226 Å². The number of benzene rings is 2. The number of hydrogen-bond donors (Lipinski definition) is 0. The average Bonchev–Trinajstić information content (AvgIpc) is 3.17. The Balaban J connectivity index is 1.97. The quantitative estimate of drug-likeness (QED) is 0.281. The summed E-state index contributed by atoms with van der Waals surface area (Å²) in [5, 5.41) is 0. The third-order valence-electron chi connectivity index (χ3n) is 5.72. The van der Waals surface area contributed by atoms with Gasteiger partial charge in [0.25, 0.3) is 5.56 Å². The van der Waals surface area contributed by atoms with Crippen LogP contribution in [0.4, 0.5) is 0 Å². The van der Waals surface area contributed by atoms with E-state index < -0.39 is 12.0 Å². The van der Waals surface area contributed by atoms with Crippen LogP contribution in [-0.4, -0.2) is 44.6 Å². The zero-order valence-corrected chi connectivity index (χ0v) is 23.4. The highest BCUT2D eigenvalue weighted by atomic mass is 79.9. The number of esters is 1. The molecule has 8 nitrogen and oxygen atoms in total. The summed E-state index contributed by atoms with van der Waals surface area (Å²) in [5.74, 6) is 0.378. The molecule has 0 saturated carbocycles. The Bertz CT molecular complexity index is 1520. The molecule has 0 spiro atoms. The summed E-state index contributed by atoms with van der Waals surface area (Å²) >= 11 is 4.74. The summed E-state index contributed by atoms with van der Waals surface area (Å²) < 4.78 is 25.0. The highest BCUT2D eigenvalue weighted by molar-refractivity contribution is 9.10. The largest absolute Gasteiger partial charge is 0.493 e. The van der Waals surface area contributed by atoms with Gasteiger partial charge in [-0.3, -0.25) is 9.36 Å². The van der Waals surface area contributed by atoms with Crippen molar-refractivity contribution in [3.05, 3.63) is 89.0 Å². The second kappa shape index (κ2) is 11.9. The van der Waals surface area contributed by atoms with E-state index in [0.29, 0.717) is 38.7 Å². The van der Waals surface area contributed by atoms with Crippen molar-refractivity contribution in [3.8, 4) is 11.5 Å². The number of carbonyl (C=O) groups excluding carboxylic acids is 1. The number of carbonyl (C=O) groups is 1. The lowest BCUT2D eigenvalue weighted by molar-refractivity contribution is -0.140. The molecule has 0 fully saturated rings. The molecule has 194 valence electrons. The van der Waals surface area contributed by atoms with Crippen LogP contribution in [0.3, 0.4) is 0 Å². The number of nitrogens with zero attached hydrogens (tertiary/aromatic N) is 2. The van der Waals surface area contributed by atoms with E-state index in [1.165, 1.54) is 23.0 Å². The van der Waals surface area contributed by atoms with Crippen LogP contribution in [0.2, 0.25) is 0 Å². The second-order valence-electron chi connectivity index (χ2n) is 8.08. The molecule has 0 radical (unpaired) electrons.